The van der Waals surface area contributed by atoms with E-state index in [0.717, 1.165) is 25.9 Å². The van der Waals surface area contributed by atoms with Gasteiger partial charge in [-0.2, -0.15) is 0 Å². The van der Waals surface area contributed by atoms with E-state index in [4.69, 9.17) is 0 Å². The van der Waals surface area contributed by atoms with Gasteiger partial charge in [-0.25, -0.2) is 0 Å². The smallest absolute Gasteiger partial charge is 0.228 e. The molecule has 4 heteroatoms. The normalized spacial score (nSPS) is 20.0. The van der Waals surface area contributed by atoms with Crippen LogP contribution in [0.5, 0.6) is 0 Å². The SMILES string of the molecule is CC(=O)c1cccc(NC(=O)[C@@H]2CCCN(C)C2)c1. The molecule has 102 valence electrons. The number of hydrogen-bond donors (Lipinski definition) is 1. The number of anilines is 1. The molecule has 1 N–H and O–H groups in total. The molecule has 0 bridgehead atoms. The fourth-order valence-electron chi connectivity index (χ4n) is 2.44. The van der Waals surface area contributed by atoms with Crippen molar-refractivity contribution in [3.05, 3.63) is 29.8 Å². The van der Waals surface area contributed by atoms with Crippen LogP contribution in [0.4, 0.5) is 5.69 Å². The number of rotatable bonds is 3. The van der Waals surface area contributed by atoms with Crippen molar-refractivity contribution >= 4 is 17.4 Å². The summed E-state index contributed by atoms with van der Waals surface area (Å²) in [5.74, 6) is 0.0977. The molecule has 0 aromatic heterocycles. The van der Waals surface area contributed by atoms with Crippen molar-refractivity contribution < 1.29 is 9.59 Å². The minimum atomic E-state index is 0.00787. The van der Waals surface area contributed by atoms with Crippen LogP contribution in [-0.2, 0) is 4.79 Å². The van der Waals surface area contributed by atoms with E-state index in [1.54, 1.807) is 18.2 Å². The molecule has 1 atom stereocenters. The maximum Gasteiger partial charge on any atom is 0.228 e. The fourth-order valence-corrected chi connectivity index (χ4v) is 2.44. The molecule has 2 rings (SSSR count). The molecule has 0 saturated carbocycles. The van der Waals surface area contributed by atoms with Crippen molar-refractivity contribution in [2.24, 2.45) is 5.92 Å². The standard InChI is InChI=1S/C15H20N2O2/c1-11(18)12-5-3-7-14(9-12)16-15(19)13-6-4-8-17(2)10-13/h3,5,7,9,13H,4,6,8,10H2,1-2H3,(H,16,19)/t13-/m1/s1. The monoisotopic (exact) mass is 260 g/mol. The Morgan fingerprint density at radius 1 is 1.37 bits per heavy atom. The zero-order valence-corrected chi connectivity index (χ0v) is 11.5. The second kappa shape index (κ2) is 5.97. The second-order valence-electron chi connectivity index (χ2n) is 5.23. The number of nitrogens with zero attached hydrogens (tertiary/aromatic N) is 1. The molecule has 1 aliphatic heterocycles. The number of hydrogen-bond acceptors (Lipinski definition) is 3. The van der Waals surface area contributed by atoms with Crippen molar-refractivity contribution in [1.29, 1.82) is 0 Å². The summed E-state index contributed by atoms with van der Waals surface area (Å²) in [6, 6.07) is 7.09. The predicted octanol–water partition coefficient (Wildman–Crippen LogP) is 2.17. The Morgan fingerprint density at radius 3 is 2.84 bits per heavy atom. The van der Waals surface area contributed by atoms with Crippen LogP contribution in [-0.4, -0.2) is 36.7 Å². The number of piperidine rings is 1. The van der Waals surface area contributed by atoms with Gasteiger partial charge in [0.1, 0.15) is 0 Å². The van der Waals surface area contributed by atoms with Gasteiger partial charge in [-0.15, -0.1) is 0 Å². The maximum atomic E-state index is 12.2. The molecule has 0 radical (unpaired) electrons. The zero-order chi connectivity index (χ0) is 13.8. The minimum absolute atomic E-state index is 0.00787. The van der Waals surface area contributed by atoms with Crippen LogP contribution in [0.15, 0.2) is 24.3 Å². The zero-order valence-electron chi connectivity index (χ0n) is 11.5. The first-order chi connectivity index (χ1) is 9.06. The molecule has 1 saturated heterocycles. The molecule has 0 spiro atoms. The summed E-state index contributed by atoms with van der Waals surface area (Å²) in [5, 5.41) is 2.91. The van der Waals surface area contributed by atoms with E-state index in [1.807, 2.05) is 13.1 Å². The van der Waals surface area contributed by atoms with Gasteiger partial charge in [0.2, 0.25) is 5.91 Å². The Bertz CT molecular complexity index is 485. The molecule has 0 aliphatic carbocycles. The molecule has 1 amide bonds. The van der Waals surface area contributed by atoms with Gasteiger partial charge < -0.3 is 10.2 Å². The van der Waals surface area contributed by atoms with Crippen LogP contribution in [0.25, 0.3) is 0 Å². The number of ketones is 1. The van der Waals surface area contributed by atoms with Crippen molar-refractivity contribution in [1.82, 2.24) is 4.90 Å². The topological polar surface area (TPSA) is 49.4 Å². The van der Waals surface area contributed by atoms with E-state index >= 15 is 0 Å². The summed E-state index contributed by atoms with van der Waals surface area (Å²) < 4.78 is 0. The van der Waals surface area contributed by atoms with E-state index in [-0.39, 0.29) is 17.6 Å². The highest BCUT2D eigenvalue weighted by Gasteiger charge is 2.23. The predicted molar refractivity (Wildman–Crippen MR) is 75.3 cm³/mol. The van der Waals surface area contributed by atoms with Crippen LogP contribution in [0.2, 0.25) is 0 Å². The second-order valence-corrected chi connectivity index (χ2v) is 5.23. The third-order valence-corrected chi connectivity index (χ3v) is 3.53. The number of Topliss-reactive ketones (excluding diaryl/α,β-unsaturated/α-hetero) is 1. The number of likely N-dealkylation sites (tertiary alicyclic amines) is 1. The quantitative estimate of drug-likeness (QED) is 0.847. The van der Waals surface area contributed by atoms with E-state index in [0.29, 0.717) is 11.3 Å². The Kier molecular flexibility index (Phi) is 4.32. The molecule has 1 aliphatic rings. The van der Waals surface area contributed by atoms with Crippen molar-refractivity contribution in [2.75, 3.05) is 25.5 Å². The number of nitrogens with one attached hydrogen (secondary N) is 1. The van der Waals surface area contributed by atoms with E-state index in [1.165, 1.54) is 6.92 Å². The van der Waals surface area contributed by atoms with Crippen LogP contribution < -0.4 is 5.32 Å². The van der Waals surface area contributed by atoms with Gasteiger partial charge in [0.25, 0.3) is 0 Å². The largest absolute Gasteiger partial charge is 0.326 e. The minimum Gasteiger partial charge on any atom is -0.326 e. The van der Waals surface area contributed by atoms with Gasteiger partial charge >= 0.3 is 0 Å². The Morgan fingerprint density at radius 2 is 2.16 bits per heavy atom. The Labute approximate surface area is 113 Å². The third kappa shape index (κ3) is 3.64. The van der Waals surface area contributed by atoms with Crippen LogP contribution in [0.3, 0.4) is 0 Å². The highest BCUT2D eigenvalue weighted by Crippen LogP contribution is 2.18. The van der Waals surface area contributed by atoms with Gasteiger partial charge in [0, 0.05) is 17.8 Å². The lowest BCUT2D eigenvalue weighted by molar-refractivity contribution is -0.121. The Balaban J connectivity index is 2.02. The van der Waals surface area contributed by atoms with Crippen molar-refractivity contribution in [2.45, 2.75) is 19.8 Å². The fraction of sp³-hybridized carbons (Fsp3) is 0.467. The summed E-state index contributed by atoms with van der Waals surface area (Å²) >= 11 is 0. The molecule has 1 aromatic rings. The van der Waals surface area contributed by atoms with Crippen LogP contribution in [0, 0.1) is 5.92 Å². The van der Waals surface area contributed by atoms with E-state index in [2.05, 4.69) is 10.2 Å². The summed E-state index contributed by atoms with van der Waals surface area (Å²) in [6.07, 6.45) is 1.99. The number of benzene rings is 1. The summed E-state index contributed by atoms with van der Waals surface area (Å²) in [7, 11) is 2.04. The van der Waals surface area contributed by atoms with Gasteiger partial charge in [0.05, 0.1) is 5.92 Å². The van der Waals surface area contributed by atoms with Gasteiger partial charge in [-0.1, -0.05) is 12.1 Å². The first-order valence-electron chi connectivity index (χ1n) is 6.66. The van der Waals surface area contributed by atoms with Crippen LogP contribution in [0.1, 0.15) is 30.1 Å². The molecule has 0 unspecified atom stereocenters. The molecule has 19 heavy (non-hydrogen) atoms. The van der Waals surface area contributed by atoms with Crippen molar-refractivity contribution in [3.63, 3.8) is 0 Å². The third-order valence-electron chi connectivity index (χ3n) is 3.53. The van der Waals surface area contributed by atoms with Gasteiger partial charge in [-0.3, -0.25) is 9.59 Å². The van der Waals surface area contributed by atoms with Gasteiger partial charge in [0.15, 0.2) is 5.78 Å². The molecule has 1 heterocycles. The summed E-state index contributed by atoms with van der Waals surface area (Å²) in [5.41, 5.74) is 1.32. The number of amides is 1. The molecular formula is C15H20N2O2. The molecule has 4 nitrogen and oxygen atoms in total. The van der Waals surface area contributed by atoms with Gasteiger partial charge in [-0.05, 0) is 45.5 Å². The highest BCUT2D eigenvalue weighted by atomic mass is 16.2. The van der Waals surface area contributed by atoms with Crippen molar-refractivity contribution in [3.8, 4) is 0 Å². The molecule has 1 aromatic carbocycles. The maximum absolute atomic E-state index is 12.2. The Hall–Kier alpha value is -1.68. The number of carbonyl (C=O) groups is 2. The highest BCUT2D eigenvalue weighted by molar-refractivity contribution is 5.97. The van der Waals surface area contributed by atoms with E-state index in [9.17, 15) is 9.59 Å². The average molecular weight is 260 g/mol. The van der Waals surface area contributed by atoms with Crippen LogP contribution >= 0.6 is 0 Å². The van der Waals surface area contributed by atoms with E-state index < -0.39 is 0 Å². The average Bonchev–Trinajstić information content (AvgIpc) is 2.39. The lowest BCUT2D eigenvalue weighted by Gasteiger charge is -2.28. The first-order valence-corrected chi connectivity index (χ1v) is 6.66. The summed E-state index contributed by atoms with van der Waals surface area (Å²) in [6.45, 7) is 3.39. The lowest BCUT2D eigenvalue weighted by Crippen LogP contribution is -2.38. The molecular weight excluding hydrogens is 240 g/mol. The summed E-state index contributed by atoms with van der Waals surface area (Å²) in [4.78, 5) is 25.7. The lowest BCUT2D eigenvalue weighted by atomic mass is 9.97. The number of carbonyl (C=O) groups excluding carboxylic acids is 2. The first kappa shape index (κ1) is 13.7. The molecule has 1 fully saturated rings.